The Morgan fingerprint density at radius 1 is 1.35 bits per heavy atom. The van der Waals surface area contributed by atoms with Crippen LogP contribution in [0.3, 0.4) is 0 Å². The molecule has 0 amide bonds. The van der Waals surface area contributed by atoms with Gasteiger partial charge < -0.3 is 9.88 Å². The molecule has 3 rings (SSSR count). The van der Waals surface area contributed by atoms with Crippen LogP contribution in [0, 0.1) is 0 Å². The zero-order valence-corrected chi connectivity index (χ0v) is 14.3. The summed E-state index contributed by atoms with van der Waals surface area (Å²) in [4.78, 5) is 4.31. The summed E-state index contributed by atoms with van der Waals surface area (Å²) in [5.41, 5.74) is 4.35. The molecule has 1 aliphatic heterocycles. The first-order valence-corrected chi connectivity index (χ1v) is 9.40. The Hall–Kier alpha value is -1.86. The lowest BCUT2D eigenvalue weighted by molar-refractivity contribution is 0.392. The molecule has 1 aromatic carbocycles. The van der Waals surface area contributed by atoms with Gasteiger partial charge in [-0.1, -0.05) is 12.1 Å². The van der Waals surface area contributed by atoms with Crippen LogP contribution in [0.25, 0.3) is 0 Å². The second-order valence-electron chi connectivity index (χ2n) is 5.81. The normalized spacial score (nSPS) is 15.4. The third-order valence-corrected chi connectivity index (χ3v) is 6.04. The van der Waals surface area contributed by atoms with Gasteiger partial charge in [0, 0.05) is 32.0 Å². The standard InChI is InChI=1S/C16H22N4O2S/c1-3-23(21,22)20-8-7-15-13(10-20)5-4-6-16(15)17-9-14-11-19(2)12-18-14/h4-6,11-12,17H,3,7-10H2,1-2H3. The van der Waals surface area contributed by atoms with Crippen molar-refractivity contribution >= 4 is 15.7 Å². The Bertz CT molecular complexity index is 798. The van der Waals surface area contributed by atoms with Crippen molar-refractivity contribution < 1.29 is 8.42 Å². The molecule has 0 atom stereocenters. The maximum Gasteiger partial charge on any atom is 0.214 e. The first-order chi connectivity index (χ1) is 11.0. The quantitative estimate of drug-likeness (QED) is 0.904. The fourth-order valence-electron chi connectivity index (χ4n) is 2.91. The maximum atomic E-state index is 12.1. The largest absolute Gasteiger partial charge is 0.379 e. The second-order valence-corrected chi connectivity index (χ2v) is 8.07. The molecule has 1 aromatic heterocycles. The number of benzene rings is 1. The van der Waals surface area contributed by atoms with E-state index in [0.29, 0.717) is 19.6 Å². The Kier molecular flexibility index (Phi) is 4.41. The first-order valence-electron chi connectivity index (χ1n) is 7.79. The van der Waals surface area contributed by atoms with Crippen LogP contribution in [-0.2, 0) is 36.6 Å². The highest BCUT2D eigenvalue weighted by Crippen LogP contribution is 2.27. The van der Waals surface area contributed by atoms with Gasteiger partial charge in [0.25, 0.3) is 0 Å². The van der Waals surface area contributed by atoms with Gasteiger partial charge >= 0.3 is 0 Å². The molecule has 0 radical (unpaired) electrons. The van der Waals surface area contributed by atoms with Crippen LogP contribution >= 0.6 is 0 Å². The Balaban J connectivity index is 1.77. The van der Waals surface area contributed by atoms with E-state index in [1.54, 1.807) is 17.6 Å². The molecule has 124 valence electrons. The monoisotopic (exact) mass is 334 g/mol. The van der Waals surface area contributed by atoms with Crippen LogP contribution in [0.4, 0.5) is 5.69 Å². The number of nitrogens with one attached hydrogen (secondary N) is 1. The van der Waals surface area contributed by atoms with Gasteiger partial charge in [-0.15, -0.1) is 0 Å². The molecule has 7 heteroatoms. The minimum Gasteiger partial charge on any atom is -0.379 e. The van der Waals surface area contributed by atoms with Crippen molar-refractivity contribution in [1.29, 1.82) is 0 Å². The second kappa shape index (κ2) is 6.33. The van der Waals surface area contributed by atoms with Crippen LogP contribution in [0.15, 0.2) is 30.7 Å². The van der Waals surface area contributed by atoms with Crippen molar-refractivity contribution in [3.8, 4) is 0 Å². The Morgan fingerprint density at radius 2 is 2.17 bits per heavy atom. The minimum absolute atomic E-state index is 0.153. The number of hydrogen-bond donors (Lipinski definition) is 1. The van der Waals surface area contributed by atoms with E-state index in [9.17, 15) is 8.42 Å². The summed E-state index contributed by atoms with van der Waals surface area (Å²) in [5.74, 6) is 0.153. The fraction of sp³-hybridized carbons (Fsp3) is 0.438. The third-order valence-electron chi connectivity index (χ3n) is 4.21. The van der Waals surface area contributed by atoms with Crippen LogP contribution in [0.1, 0.15) is 23.7 Å². The van der Waals surface area contributed by atoms with Crippen LogP contribution < -0.4 is 5.32 Å². The SMILES string of the molecule is CCS(=O)(=O)N1CCc2c(cccc2NCc2cn(C)cn2)C1. The predicted octanol–water partition coefficient (Wildman–Crippen LogP) is 1.74. The highest BCUT2D eigenvalue weighted by molar-refractivity contribution is 7.89. The van der Waals surface area contributed by atoms with Gasteiger partial charge in [0.05, 0.1) is 24.3 Å². The van der Waals surface area contributed by atoms with E-state index >= 15 is 0 Å². The molecular formula is C16H22N4O2S. The first kappa shape index (κ1) is 16.0. The zero-order valence-electron chi connectivity index (χ0n) is 13.5. The zero-order chi connectivity index (χ0) is 16.4. The molecule has 0 spiro atoms. The summed E-state index contributed by atoms with van der Waals surface area (Å²) < 4.78 is 27.6. The topological polar surface area (TPSA) is 67.2 Å². The lowest BCUT2D eigenvalue weighted by Crippen LogP contribution is -2.37. The van der Waals surface area contributed by atoms with Crippen molar-refractivity contribution in [3.63, 3.8) is 0 Å². The molecule has 0 aliphatic carbocycles. The Morgan fingerprint density at radius 3 is 2.87 bits per heavy atom. The predicted molar refractivity (Wildman–Crippen MR) is 90.6 cm³/mol. The average Bonchev–Trinajstić information content (AvgIpc) is 2.97. The third kappa shape index (κ3) is 3.40. The lowest BCUT2D eigenvalue weighted by atomic mass is 9.99. The van der Waals surface area contributed by atoms with E-state index in [0.717, 1.165) is 23.4 Å². The fourth-order valence-corrected chi connectivity index (χ4v) is 3.98. The van der Waals surface area contributed by atoms with Crippen molar-refractivity contribution in [2.75, 3.05) is 17.6 Å². The van der Waals surface area contributed by atoms with Crippen LogP contribution in [-0.4, -0.2) is 34.6 Å². The number of imidazole rings is 1. The van der Waals surface area contributed by atoms with Crippen molar-refractivity contribution in [3.05, 3.63) is 47.5 Å². The summed E-state index contributed by atoms with van der Waals surface area (Å²) in [6, 6.07) is 6.03. The number of hydrogen-bond acceptors (Lipinski definition) is 4. The molecule has 0 unspecified atom stereocenters. The van der Waals surface area contributed by atoms with Gasteiger partial charge in [0.15, 0.2) is 0 Å². The van der Waals surface area contributed by atoms with Crippen molar-refractivity contribution in [2.45, 2.75) is 26.4 Å². The lowest BCUT2D eigenvalue weighted by Gasteiger charge is -2.29. The summed E-state index contributed by atoms with van der Waals surface area (Å²) in [6.07, 6.45) is 4.50. The summed E-state index contributed by atoms with van der Waals surface area (Å²) >= 11 is 0. The van der Waals surface area contributed by atoms with Gasteiger partial charge in [0.2, 0.25) is 10.0 Å². The number of fused-ring (bicyclic) bond motifs is 1. The van der Waals surface area contributed by atoms with E-state index in [1.807, 2.05) is 36.0 Å². The van der Waals surface area contributed by atoms with E-state index in [-0.39, 0.29) is 5.75 Å². The van der Waals surface area contributed by atoms with E-state index in [1.165, 1.54) is 5.56 Å². The Labute approximate surface area is 137 Å². The van der Waals surface area contributed by atoms with Gasteiger partial charge in [-0.3, -0.25) is 0 Å². The molecule has 6 nitrogen and oxygen atoms in total. The smallest absolute Gasteiger partial charge is 0.214 e. The maximum absolute atomic E-state index is 12.1. The molecule has 2 heterocycles. The van der Waals surface area contributed by atoms with Gasteiger partial charge in [-0.25, -0.2) is 13.4 Å². The number of rotatable bonds is 5. The van der Waals surface area contributed by atoms with E-state index < -0.39 is 10.0 Å². The number of anilines is 1. The van der Waals surface area contributed by atoms with Gasteiger partial charge in [-0.2, -0.15) is 4.31 Å². The number of aryl methyl sites for hydroxylation is 1. The summed E-state index contributed by atoms with van der Waals surface area (Å²) in [7, 11) is -1.18. The molecule has 23 heavy (non-hydrogen) atoms. The van der Waals surface area contributed by atoms with Gasteiger partial charge in [-0.05, 0) is 30.5 Å². The molecular weight excluding hydrogens is 312 g/mol. The van der Waals surface area contributed by atoms with E-state index in [4.69, 9.17) is 0 Å². The highest BCUT2D eigenvalue weighted by atomic mass is 32.2. The molecule has 0 bridgehead atoms. The number of sulfonamides is 1. The number of nitrogens with zero attached hydrogens (tertiary/aromatic N) is 3. The highest BCUT2D eigenvalue weighted by Gasteiger charge is 2.26. The van der Waals surface area contributed by atoms with Crippen molar-refractivity contribution in [2.24, 2.45) is 7.05 Å². The average molecular weight is 334 g/mol. The molecule has 0 fully saturated rings. The number of aromatic nitrogens is 2. The molecule has 1 aliphatic rings. The van der Waals surface area contributed by atoms with Crippen LogP contribution in [0.5, 0.6) is 0 Å². The molecule has 1 N–H and O–H groups in total. The van der Waals surface area contributed by atoms with Gasteiger partial charge in [0.1, 0.15) is 0 Å². The molecule has 2 aromatic rings. The summed E-state index contributed by atoms with van der Waals surface area (Å²) in [5, 5.41) is 3.43. The summed E-state index contributed by atoms with van der Waals surface area (Å²) in [6.45, 7) is 3.36. The molecule has 0 saturated heterocycles. The van der Waals surface area contributed by atoms with Crippen LogP contribution in [0.2, 0.25) is 0 Å². The van der Waals surface area contributed by atoms with E-state index in [2.05, 4.69) is 10.3 Å². The van der Waals surface area contributed by atoms with Crippen molar-refractivity contribution in [1.82, 2.24) is 13.9 Å². The molecule has 0 saturated carbocycles. The minimum atomic E-state index is -3.13.